The first-order valence-corrected chi connectivity index (χ1v) is 7.63. The van der Waals surface area contributed by atoms with Crippen molar-refractivity contribution in [2.45, 2.75) is 6.92 Å². The van der Waals surface area contributed by atoms with E-state index in [2.05, 4.69) is 10.3 Å². The van der Waals surface area contributed by atoms with E-state index in [4.69, 9.17) is 34.8 Å². The average molecular weight is 354 g/mol. The maximum absolute atomic E-state index is 12.4. The molecule has 0 saturated heterocycles. The predicted molar refractivity (Wildman–Crippen MR) is 92.5 cm³/mol. The zero-order chi connectivity index (χ0) is 15.9. The summed E-state index contributed by atoms with van der Waals surface area (Å²) in [5, 5.41) is 4.82. The largest absolute Gasteiger partial charge is 0.349 e. The molecule has 2 aromatic carbocycles. The molecule has 0 bridgehead atoms. The monoisotopic (exact) mass is 352 g/mol. The number of carbonyl (C=O) groups is 1. The molecule has 0 saturated carbocycles. The zero-order valence-electron chi connectivity index (χ0n) is 11.5. The normalized spacial score (nSPS) is 10.9. The highest BCUT2D eigenvalue weighted by Gasteiger charge is 2.17. The average Bonchev–Trinajstić information content (AvgIpc) is 2.79. The van der Waals surface area contributed by atoms with Crippen LogP contribution in [0.25, 0.3) is 10.9 Å². The Kier molecular flexibility index (Phi) is 4.04. The first kappa shape index (κ1) is 15.2. The fourth-order valence-electron chi connectivity index (χ4n) is 2.19. The number of aryl methyl sites for hydroxylation is 1. The van der Waals surface area contributed by atoms with E-state index in [-0.39, 0.29) is 11.6 Å². The van der Waals surface area contributed by atoms with Crippen LogP contribution in [-0.2, 0) is 0 Å². The highest BCUT2D eigenvalue weighted by molar-refractivity contribution is 6.40. The van der Waals surface area contributed by atoms with Gasteiger partial charge in [-0.2, -0.15) is 0 Å². The number of carbonyl (C=O) groups excluding carboxylic acids is 1. The first-order valence-electron chi connectivity index (χ1n) is 6.50. The number of aromatic amines is 1. The van der Waals surface area contributed by atoms with E-state index in [1.54, 1.807) is 30.3 Å². The topological polar surface area (TPSA) is 44.9 Å². The Morgan fingerprint density at radius 1 is 1.09 bits per heavy atom. The summed E-state index contributed by atoms with van der Waals surface area (Å²) in [4.78, 5) is 15.4. The molecule has 6 heteroatoms. The number of rotatable bonds is 2. The summed E-state index contributed by atoms with van der Waals surface area (Å²) in [5.74, 6) is -0.358. The molecule has 0 aliphatic rings. The Balaban J connectivity index is 1.97. The third-order valence-corrected chi connectivity index (χ3v) is 4.24. The zero-order valence-corrected chi connectivity index (χ0v) is 13.8. The Morgan fingerprint density at radius 2 is 1.86 bits per heavy atom. The lowest BCUT2D eigenvalue weighted by Crippen LogP contribution is -2.13. The van der Waals surface area contributed by atoms with Crippen LogP contribution in [0.1, 0.15) is 16.1 Å². The second-order valence-corrected chi connectivity index (χ2v) is 6.16. The van der Waals surface area contributed by atoms with Crippen molar-refractivity contribution in [1.82, 2.24) is 4.98 Å². The summed E-state index contributed by atoms with van der Waals surface area (Å²) in [6.07, 6.45) is 0. The number of H-pyrrole nitrogens is 1. The van der Waals surface area contributed by atoms with Crippen LogP contribution in [0.4, 0.5) is 5.69 Å². The van der Waals surface area contributed by atoms with Gasteiger partial charge >= 0.3 is 0 Å². The number of fused-ring (bicyclic) bond motifs is 1. The SMILES string of the molecule is Cc1ccc(NC(=O)c2[nH]c3ccc(Cl)cc3c2Cl)c(Cl)c1. The number of nitrogens with one attached hydrogen (secondary N) is 2. The molecule has 22 heavy (non-hydrogen) atoms. The van der Waals surface area contributed by atoms with Crippen LogP contribution >= 0.6 is 34.8 Å². The lowest BCUT2D eigenvalue weighted by Gasteiger charge is -2.07. The summed E-state index contributed by atoms with van der Waals surface area (Å²) in [6.45, 7) is 1.93. The molecule has 0 spiro atoms. The van der Waals surface area contributed by atoms with Crippen molar-refractivity contribution < 1.29 is 4.79 Å². The summed E-state index contributed by atoms with van der Waals surface area (Å²) in [7, 11) is 0. The second kappa shape index (κ2) is 5.84. The molecule has 3 rings (SSSR count). The van der Waals surface area contributed by atoms with Crippen molar-refractivity contribution in [1.29, 1.82) is 0 Å². The molecule has 0 unspecified atom stereocenters. The van der Waals surface area contributed by atoms with Crippen LogP contribution in [-0.4, -0.2) is 10.9 Å². The van der Waals surface area contributed by atoms with E-state index in [9.17, 15) is 4.79 Å². The van der Waals surface area contributed by atoms with E-state index in [0.717, 1.165) is 11.1 Å². The third-order valence-electron chi connectivity index (χ3n) is 3.30. The molecule has 2 N–H and O–H groups in total. The molecule has 0 aliphatic carbocycles. The van der Waals surface area contributed by atoms with Crippen molar-refractivity contribution in [2.24, 2.45) is 0 Å². The quantitative estimate of drug-likeness (QED) is 0.611. The molecular weight excluding hydrogens is 343 g/mol. The lowest BCUT2D eigenvalue weighted by molar-refractivity contribution is 0.102. The van der Waals surface area contributed by atoms with Crippen LogP contribution in [0.3, 0.4) is 0 Å². The molecule has 112 valence electrons. The molecular formula is C16H11Cl3N2O. The van der Waals surface area contributed by atoms with Gasteiger partial charge in [-0.05, 0) is 42.8 Å². The van der Waals surface area contributed by atoms with Gasteiger partial charge in [-0.25, -0.2) is 0 Å². The number of hydrogen-bond donors (Lipinski definition) is 2. The lowest BCUT2D eigenvalue weighted by atomic mass is 10.2. The molecule has 0 atom stereocenters. The van der Waals surface area contributed by atoms with Gasteiger partial charge in [0.2, 0.25) is 0 Å². The number of halogens is 3. The first-order chi connectivity index (χ1) is 10.5. The highest BCUT2D eigenvalue weighted by Crippen LogP contribution is 2.31. The maximum Gasteiger partial charge on any atom is 0.273 e. The molecule has 1 aromatic heterocycles. The number of amides is 1. The maximum atomic E-state index is 12.4. The van der Waals surface area contributed by atoms with E-state index in [0.29, 0.717) is 26.1 Å². The Morgan fingerprint density at radius 3 is 2.59 bits per heavy atom. The second-order valence-electron chi connectivity index (χ2n) is 4.94. The minimum atomic E-state index is -0.358. The third kappa shape index (κ3) is 2.80. The highest BCUT2D eigenvalue weighted by atomic mass is 35.5. The van der Waals surface area contributed by atoms with Crippen molar-refractivity contribution in [3.63, 3.8) is 0 Å². The standard InChI is InChI=1S/C16H11Cl3N2O/c1-8-2-4-13(11(18)6-8)21-16(22)15-14(19)10-7-9(17)3-5-12(10)20-15/h2-7,20H,1H3,(H,21,22). The van der Waals surface area contributed by atoms with Crippen molar-refractivity contribution in [2.75, 3.05) is 5.32 Å². The summed E-state index contributed by atoms with van der Waals surface area (Å²) >= 11 is 18.4. The molecule has 3 nitrogen and oxygen atoms in total. The number of aromatic nitrogens is 1. The van der Waals surface area contributed by atoms with Gasteiger partial charge in [0.25, 0.3) is 5.91 Å². The molecule has 1 heterocycles. The number of hydrogen-bond acceptors (Lipinski definition) is 1. The summed E-state index contributed by atoms with van der Waals surface area (Å²) in [5.41, 5.74) is 2.57. The van der Waals surface area contributed by atoms with Gasteiger partial charge in [-0.3, -0.25) is 4.79 Å². The molecule has 3 aromatic rings. The van der Waals surface area contributed by atoms with E-state index in [1.165, 1.54) is 0 Å². The summed E-state index contributed by atoms with van der Waals surface area (Å²) < 4.78 is 0. The Bertz CT molecular complexity index is 886. The van der Waals surface area contributed by atoms with Crippen molar-refractivity contribution in [3.8, 4) is 0 Å². The van der Waals surface area contributed by atoms with Crippen LogP contribution in [0.15, 0.2) is 36.4 Å². The minimum Gasteiger partial charge on any atom is -0.349 e. The fraction of sp³-hybridized carbons (Fsp3) is 0.0625. The van der Waals surface area contributed by atoms with Crippen LogP contribution in [0.5, 0.6) is 0 Å². The van der Waals surface area contributed by atoms with Crippen LogP contribution in [0.2, 0.25) is 15.1 Å². The van der Waals surface area contributed by atoms with E-state index >= 15 is 0 Å². The minimum absolute atomic E-state index is 0.274. The number of benzene rings is 2. The van der Waals surface area contributed by atoms with Crippen molar-refractivity contribution in [3.05, 3.63) is 62.7 Å². The van der Waals surface area contributed by atoms with Crippen LogP contribution < -0.4 is 5.32 Å². The Hall–Kier alpha value is -1.68. The van der Waals surface area contributed by atoms with Crippen molar-refractivity contribution >= 4 is 57.3 Å². The Labute approximate surface area is 142 Å². The summed E-state index contributed by atoms with van der Waals surface area (Å²) in [6, 6.07) is 10.6. The van der Waals surface area contributed by atoms with Gasteiger partial charge in [0, 0.05) is 15.9 Å². The molecule has 0 aliphatic heterocycles. The van der Waals surface area contributed by atoms with Gasteiger partial charge in [0.05, 0.1) is 15.7 Å². The van der Waals surface area contributed by atoms with Gasteiger partial charge in [0.15, 0.2) is 0 Å². The van der Waals surface area contributed by atoms with E-state index < -0.39 is 0 Å². The predicted octanol–water partition coefficient (Wildman–Crippen LogP) is 5.69. The molecule has 0 fully saturated rings. The molecule has 0 radical (unpaired) electrons. The van der Waals surface area contributed by atoms with Crippen LogP contribution in [0, 0.1) is 6.92 Å². The van der Waals surface area contributed by atoms with Gasteiger partial charge in [-0.15, -0.1) is 0 Å². The van der Waals surface area contributed by atoms with Gasteiger partial charge < -0.3 is 10.3 Å². The fourth-order valence-corrected chi connectivity index (χ4v) is 2.94. The smallest absolute Gasteiger partial charge is 0.273 e. The molecule has 1 amide bonds. The van der Waals surface area contributed by atoms with Gasteiger partial charge in [-0.1, -0.05) is 40.9 Å². The van der Waals surface area contributed by atoms with E-state index in [1.807, 2.05) is 13.0 Å². The number of anilines is 1. The van der Waals surface area contributed by atoms with Gasteiger partial charge in [0.1, 0.15) is 5.69 Å².